The number of carbonyl (C=O) groups excluding carboxylic acids is 1. The van der Waals surface area contributed by atoms with Crippen LogP contribution in [-0.2, 0) is 17.8 Å². The van der Waals surface area contributed by atoms with E-state index in [9.17, 15) is 9.18 Å². The molecule has 0 radical (unpaired) electrons. The molecule has 1 amide bonds. The largest absolute Gasteiger partial charge is 0.356 e. The lowest BCUT2D eigenvalue weighted by molar-refractivity contribution is -0.133. The van der Waals surface area contributed by atoms with Crippen LogP contribution in [0.5, 0.6) is 0 Å². The highest BCUT2D eigenvalue weighted by Gasteiger charge is 2.35. The third-order valence-electron chi connectivity index (χ3n) is 6.04. The van der Waals surface area contributed by atoms with Gasteiger partial charge in [0, 0.05) is 54.1 Å². The fourth-order valence-electron chi connectivity index (χ4n) is 4.53. The molecule has 1 aliphatic rings. The van der Waals surface area contributed by atoms with Crippen molar-refractivity contribution in [1.29, 1.82) is 0 Å². The molecule has 2 aromatic carbocycles. The first kappa shape index (κ1) is 18.6. The van der Waals surface area contributed by atoms with E-state index in [1.54, 1.807) is 18.3 Å². The number of nitrogens with zero attached hydrogens (tertiary/aromatic N) is 3. The Morgan fingerprint density at radius 3 is 2.80 bits per heavy atom. The molecule has 1 N–H and O–H groups in total. The molecule has 3 heterocycles. The number of para-hydroxylation sites is 1. The number of hydrogen-bond donors (Lipinski definition) is 1. The van der Waals surface area contributed by atoms with Gasteiger partial charge >= 0.3 is 0 Å². The lowest BCUT2D eigenvalue weighted by atomic mass is 9.91. The van der Waals surface area contributed by atoms with Gasteiger partial charge in [0.15, 0.2) is 0 Å². The fraction of sp³-hybridized carbons (Fsp3) is 0.250. The van der Waals surface area contributed by atoms with E-state index >= 15 is 0 Å². The van der Waals surface area contributed by atoms with Crippen LogP contribution in [0.25, 0.3) is 10.9 Å². The van der Waals surface area contributed by atoms with Gasteiger partial charge in [-0.3, -0.25) is 4.79 Å². The third-order valence-corrected chi connectivity index (χ3v) is 6.04. The van der Waals surface area contributed by atoms with Gasteiger partial charge in [-0.2, -0.15) is 0 Å². The van der Waals surface area contributed by atoms with Gasteiger partial charge in [0.25, 0.3) is 0 Å². The maximum Gasteiger partial charge on any atom is 0.225 e. The topological polar surface area (TPSA) is 53.9 Å². The van der Waals surface area contributed by atoms with E-state index < -0.39 is 6.04 Å². The summed E-state index contributed by atoms with van der Waals surface area (Å²) in [6, 6.07) is 14.4. The summed E-state index contributed by atoms with van der Waals surface area (Å²) in [5.74, 6) is 0.600. The lowest BCUT2D eigenvalue weighted by Crippen LogP contribution is -2.41. The number of halogens is 1. The Morgan fingerprint density at radius 2 is 2.00 bits per heavy atom. The summed E-state index contributed by atoms with van der Waals surface area (Å²) in [7, 11) is 0. The summed E-state index contributed by atoms with van der Waals surface area (Å²) in [6.45, 7) is 3.05. The number of hydrogen-bond acceptors (Lipinski definition) is 2. The Morgan fingerprint density at radius 1 is 1.20 bits per heavy atom. The molecule has 5 nitrogen and oxygen atoms in total. The second kappa shape index (κ2) is 7.44. The average Bonchev–Trinajstić information content (AvgIpc) is 3.35. The maximum absolute atomic E-state index is 14.9. The molecule has 5 rings (SSSR count). The third kappa shape index (κ3) is 3.09. The average molecular weight is 402 g/mol. The summed E-state index contributed by atoms with van der Waals surface area (Å²) in [4.78, 5) is 22.8. The van der Waals surface area contributed by atoms with E-state index in [2.05, 4.69) is 16.0 Å². The van der Waals surface area contributed by atoms with Crippen LogP contribution in [0.1, 0.15) is 35.1 Å². The van der Waals surface area contributed by atoms with Gasteiger partial charge in [-0.1, -0.05) is 36.4 Å². The van der Waals surface area contributed by atoms with Crippen molar-refractivity contribution in [3.63, 3.8) is 0 Å². The van der Waals surface area contributed by atoms with Gasteiger partial charge in [0.05, 0.1) is 0 Å². The Bertz CT molecular complexity index is 1220. The number of amides is 1. The number of H-pyrrole nitrogens is 1. The van der Waals surface area contributed by atoms with E-state index in [0.717, 1.165) is 28.8 Å². The Balaban J connectivity index is 1.54. The molecule has 152 valence electrons. The molecular formula is C24H23FN4O. The van der Waals surface area contributed by atoms with Crippen molar-refractivity contribution in [2.24, 2.45) is 0 Å². The van der Waals surface area contributed by atoms with E-state index in [1.165, 1.54) is 11.6 Å². The molecule has 2 aromatic heterocycles. The first-order valence-corrected chi connectivity index (χ1v) is 10.2. The van der Waals surface area contributed by atoms with Gasteiger partial charge < -0.3 is 14.5 Å². The Hall–Kier alpha value is -3.41. The van der Waals surface area contributed by atoms with E-state index in [0.29, 0.717) is 25.1 Å². The van der Waals surface area contributed by atoms with Crippen molar-refractivity contribution in [1.82, 2.24) is 19.4 Å². The van der Waals surface area contributed by atoms with Crippen LogP contribution in [0, 0.1) is 12.7 Å². The molecule has 0 saturated carbocycles. The van der Waals surface area contributed by atoms with Crippen molar-refractivity contribution >= 4 is 16.8 Å². The first-order valence-electron chi connectivity index (χ1n) is 10.2. The highest BCUT2D eigenvalue weighted by molar-refractivity contribution is 5.86. The van der Waals surface area contributed by atoms with Crippen molar-refractivity contribution in [3.05, 3.63) is 89.4 Å². The Kier molecular flexibility index (Phi) is 4.62. The number of nitrogens with one attached hydrogen (secondary N) is 1. The quantitative estimate of drug-likeness (QED) is 0.551. The molecule has 1 aliphatic heterocycles. The molecule has 0 aliphatic carbocycles. The van der Waals surface area contributed by atoms with Crippen molar-refractivity contribution in [2.45, 2.75) is 32.4 Å². The zero-order valence-corrected chi connectivity index (χ0v) is 16.8. The minimum Gasteiger partial charge on any atom is -0.356 e. The molecule has 30 heavy (non-hydrogen) atoms. The minimum atomic E-state index is -0.460. The SMILES string of the molecule is Cc1nccn1CCC(=O)N1CCc2c([nH]c3ccccc23)C1c1ccccc1F. The summed E-state index contributed by atoms with van der Waals surface area (Å²) < 4.78 is 16.8. The molecule has 0 bridgehead atoms. The summed E-state index contributed by atoms with van der Waals surface area (Å²) >= 11 is 0. The zero-order valence-electron chi connectivity index (χ0n) is 16.8. The highest BCUT2D eigenvalue weighted by atomic mass is 19.1. The smallest absolute Gasteiger partial charge is 0.225 e. The first-order chi connectivity index (χ1) is 14.6. The maximum atomic E-state index is 14.9. The summed E-state index contributed by atoms with van der Waals surface area (Å²) in [6.07, 6.45) is 4.71. The molecule has 0 fully saturated rings. The standard InChI is InChI=1S/C24H23FN4O/c1-16-26-12-15-28(16)13-11-22(30)29-14-10-18-17-6-3-5-9-21(17)27-23(18)24(29)19-7-2-4-8-20(19)25/h2-9,12,15,24,27H,10-11,13-14H2,1H3. The predicted molar refractivity (Wildman–Crippen MR) is 114 cm³/mol. The van der Waals surface area contributed by atoms with Crippen LogP contribution < -0.4 is 0 Å². The van der Waals surface area contributed by atoms with Crippen molar-refractivity contribution in [2.75, 3.05) is 6.54 Å². The minimum absolute atomic E-state index is 0.0145. The number of carbonyl (C=O) groups is 1. The second-order valence-corrected chi connectivity index (χ2v) is 7.74. The number of rotatable bonds is 4. The molecular weight excluding hydrogens is 379 g/mol. The molecule has 0 saturated heterocycles. The molecule has 1 unspecified atom stereocenters. The fourth-order valence-corrected chi connectivity index (χ4v) is 4.53. The van der Waals surface area contributed by atoms with Gasteiger partial charge in [0.2, 0.25) is 5.91 Å². The van der Waals surface area contributed by atoms with Gasteiger partial charge in [-0.15, -0.1) is 0 Å². The summed E-state index contributed by atoms with van der Waals surface area (Å²) in [5.41, 5.74) is 3.64. The number of fused-ring (bicyclic) bond motifs is 3. The van der Waals surface area contributed by atoms with E-state index in [4.69, 9.17) is 0 Å². The zero-order chi connectivity index (χ0) is 20.7. The number of benzene rings is 2. The summed E-state index contributed by atoms with van der Waals surface area (Å²) in [5, 5.41) is 1.15. The molecule has 0 spiro atoms. The lowest BCUT2D eigenvalue weighted by Gasteiger charge is -2.36. The van der Waals surface area contributed by atoms with Crippen molar-refractivity contribution < 1.29 is 9.18 Å². The van der Waals surface area contributed by atoms with Crippen LogP contribution >= 0.6 is 0 Å². The molecule has 4 aromatic rings. The van der Waals surface area contributed by atoms with Crippen LogP contribution in [-0.4, -0.2) is 31.9 Å². The van der Waals surface area contributed by atoms with Crippen LogP contribution in [0.3, 0.4) is 0 Å². The molecule has 1 atom stereocenters. The normalized spacial score (nSPS) is 16.1. The highest BCUT2D eigenvalue weighted by Crippen LogP contribution is 2.39. The second-order valence-electron chi connectivity index (χ2n) is 7.74. The van der Waals surface area contributed by atoms with Gasteiger partial charge in [0.1, 0.15) is 17.7 Å². The number of aromatic amines is 1. The van der Waals surface area contributed by atoms with Crippen LogP contribution in [0.4, 0.5) is 4.39 Å². The molecule has 6 heteroatoms. The predicted octanol–water partition coefficient (Wildman–Crippen LogP) is 4.38. The van der Waals surface area contributed by atoms with Gasteiger partial charge in [-0.05, 0) is 31.0 Å². The number of imidazole rings is 1. The van der Waals surface area contributed by atoms with Gasteiger partial charge in [-0.25, -0.2) is 9.37 Å². The monoisotopic (exact) mass is 402 g/mol. The van der Waals surface area contributed by atoms with Crippen LogP contribution in [0.15, 0.2) is 60.9 Å². The number of aromatic nitrogens is 3. The van der Waals surface area contributed by atoms with E-state index in [1.807, 2.05) is 46.9 Å². The van der Waals surface area contributed by atoms with E-state index in [-0.39, 0.29) is 11.7 Å². The van der Waals surface area contributed by atoms with Crippen LogP contribution in [0.2, 0.25) is 0 Å². The number of aryl methyl sites for hydroxylation is 2. The Labute approximate surface area is 174 Å². The van der Waals surface area contributed by atoms with Crippen molar-refractivity contribution in [3.8, 4) is 0 Å².